The van der Waals surface area contributed by atoms with Crippen LogP contribution in [0.15, 0.2) is 73.1 Å². The number of aromatic carboxylic acids is 1. The van der Waals surface area contributed by atoms with Gasteiger partial charge in [0.15, 0.2) is 5.69 Å². The van der Waals surface area contributed by atoms with Crippen LogP contribution in [0, 0.1) is 0 Å². The van der Waals surface area contributed by atoms with Gasteiger partial charge in [0.05, 0.1) is 0 Å². The van der Waals surface area contributed by atoms with Crippen molar-refractivity contribution in [2.45, 2.75) is 0 Å². The van der Waals surface area contributed by atoms with Crippen LogP contribution in [0.2, 0.25) is 0 Å². The molecule has 0 amide bonds. The fraction of sp³-hybridized carbons (Fsp3) is 0. The highest BCUT2D eigenvalue weighted by Crippen LogP contribution is 2.22. The van der Waals surface area contributed by atoms with Crippen molar-refractivity contribution in [3.05, 3.63) is 78.8 Å². The van der Waals surface area contributed by atoms with Gasteiger partial charge in [-0.2, -0.15) is 5.10 Å². The van der Waals surface area contributed by atoms with Crippen LogP contribution in [-0.2, 0) is 0 Å². The molecule has 0 unspecified atom stereocenters. The van der Waals surface area contributed by atoms with Gasteiger partial charge >= 0.3 is 5.97 Å². The summed E-state index contributed by atoms with van der Waals surface area (Å²) in [5, 5.41) is 13.1. The van der Waals surface area contributed by atoms with E-state index in [0.717, 1.165) is 22.5 Å². The van der Waals surface area contributed by atoms with Gasteiger partial charge in [-0.1, -0.05) is 36.4 Å². The second-order valence-electron chi connectivity index (χ2n) is 5.22. The number of hydrogen-bond acceptors (Lipinski definition) is 2. The third kappa shape index (κ3) is 2.28. The fourth-order valence-corrected chi connectivity index (χ4v) is 2.64. The van der Waals surface area contributed by atoms with Crippen molar-refractivity contribution in [3.8, 4) is 16.9 Å². The number of rotatable bonds is 3. The topological polar surface area (TPSA) is 59.5 Å². The normalized spacial score (nSPS) is 11.0. The Bertz CT molecular complexity index is 999. The first-order valence-corrected chi connectivity index (χ1v) is 7.18. The van der Waals surface area contributed by atoms with E-state index in [-0.39, 0.29) is 5.69 Å². The van der Waals surface area contributed by atoms with Crippen LogP contribution in [0.5, 0.6) is 0 Å². The van der Waals surface area contributed by atoms with E-state index in [2.05, 4.69) is 23.3 Å². The number of hydrogen-bond donors (Lipinski definition) is 1. The van der Waals surface area contributed by atoms with Crippen molar-refractivity contribution >= 4 is 11.5 Å². The zero-order chi connectivity index (χ0) is 15.8. The Morgan fingerprint density at radius 3 is 2.43 bits per heavy atom. The zero-order valence-electron chi connectivity index (χ0n) is 12.1. The molecule has 0 saturated carbocycles. The van der Waals surface area contributed by atoms with Crippen molar-refractivity contribution in [2.24, 2.45) is 0 Å². The van der Waals surface area contributed by atoms with Crippen LogP contribution >= 0.6 is 0 Å². The van der Waals surface area contributed by atoms with E-state index < -0.39 is 5.97 Å². The number of carboxylic acid groups (broad SMARTS) is 1. The molecule has 0 atom stereocenters. The lowest BCUT2D eigenvalue weighted by Gasteiger charge is -2.06. The molecule has 3 heterocycles. The number of fused-ring (bicyclic) bond motifs is 1. The van der Waals surface area contributed by atoms with E-state index in [1.54, 1.807) is 10.9 Å². The number of carboxylic acids is 1. The van der Waals surface area contributed by atoms with E-state index in [4.69, 9.17) is 5.11 Å². The summed E-state index contributed by atoms with van der Waals surface area (Å²) in [5.74, 6) is -0.236. The third-order valence-corrected chi connectivity index (χ3v) is 3.78. The molecule has 0 fully saturated rings. The summed E-state index contributed by atoms with van der Waals surface area (Å²) >= 11 is 0. The smallest absolute Gasteiger partial charge is 0.356 e. The molecule has 0 aliphatic rings. The zero-order valence-corrected chi connectivity index (χ0v) is 12.1. The van der Waals surface area contributed by atoms with Crippen molar-refractivity contribution < 1.29 is 9.90 Å². The first kappa shape index (κ1) is 13.3. The maximum atomic E-state index is 11.0. The van der Waals surface area contributed by atoms with E-state index >= 15 is 0 Å². The molecule has 112 valence electrons. The summed E-state index contributed by atoms with van der Waals surface area (Å²) in [6.07, 6.45) is 3.68. The lowest BCUT2D eigenvalue weighted by Crippen LogP contribution is -2.03. The highest BCUT2D eigenvalue weighted by atomic mass is 16.4. The summed E-state index contributed by atoms with van der Waals surface area (Å²) in [6, 6.07) is 19.6. The van der Waals surface area contributed by atoms with Crippen molar-refractivity contribution in [2.75, 3.05) is 0 Å². The molecular weight excluding hydrogens is 290 g/mol. The van der Waals surface area contributed by atoms with Crippen LogP contribution in [0.4, 0.5) is 0 Å². The number of nitrogens with zero attached hydrogens (tertiary/aromatic N) is 3. The highest BCUT2D eigenvalue weighted by Gasteiger charge is 2.10. The lowest BCUT2D eigenvalue weighted by atomic mass is 10.1. The molecule has 5 heteroatoms. The van der Waals surface area contributed by atoms with Crippen LogP contribution < -0.4 is 0 Å². The molecule has 0 radical (unpaired) electrons. The molecule has 4 aromatic rings. The second kappa shape index (κ2) is 5.14. The molecular formula is C18H13N3O2. The molecule has 3 aromatic heterocycles. The SMILES string of the molecule is O=C(O)c1ccn(-c2ccc3ccc(-c4ccccc4)cn23)n1. The number of aromatic nitrogens is 3. The average Bonchev–Trinajstić information content (AvgIpc) is 3.21. The minimum absolute atomic E-state index is 0.0270. The summed E-state index contributed by atoms with van der Waals surface area (Å²) in [6.45, 7) is 0. The molecule has 0 saturated heterocycles. The Labute approximate surface area is 132 Å². The molecule has 1 N–H and O–H groups in total. The van der Waals surface area contributed by atoms with Crippen LogP contribution in [0.3, 0.4) is 0 Å². The van der Waals surface area contributed by atoms with E-state index in [1.165, 1.54) is 6.07 Å². The Hall–Kier alpha value is -3.34. The third-order valence-electron chi connectivity index (χ3n) is 3.78. The molecule has 23 heavy (non-hydrogen) atoms. The molecule has 0 spiro atoms. The van der Waals surface area contributed by atoms with Crippen LogP contribution in [0.25, 0.3) is 22.5 Å². The van der Waals surface area contributed by atoms with Crippen LogP contribution in [-0.4, -0.2) is 25.3 Å². The van der Waals surface area contributed by atoms with Crippen LogP contribution in [0.1, 0.15) is 10.5 Å². The number of pyridine rings is 1. The Balaban J connectivity index is 1.86. The van der Waals surface area contributed by atoms with Gasteiger partial charge in [0.25, 0.3) is 0 Å². The van der Waals surface area contributed by atoms with Crippen molar-refractivity contribution in [1.82, 2.24) is 14.2 Å². The summed E-state index contributed by atoms with van der Waals surface area (Å²) in [5.41, 5.74) is 3.26. The fourth-order valence-electron chi connectivity index (χ4n) is 2.64. The molecule has 0 aliphatic heterocycles. The maximum Gasteiger partial charge on any atom is 0.356 e. The standard InChI is InChI=1S/C18H13N3O2/c22-18(23)16-10-11-21(19-16)17-9-8-15-7-6-14(12-20(15)17)13-4-2-1-3-5-13/h1-12H,(H,22,23). The number of carbonyl (C=O) groups is 1. The predicted molar refractivity (Wildman–Crippen MR) is 86.9 cm³/mol. The summed E-state index contributed by atoms with van der Waals surface area (Å²) < 4.78 is 3.58. The molecule has 1 aromatic carbocycles. The van der Waals surface area contributed by atoms with Gasteiger partial charge in [-0.15, -0.1) is 0 Å². The van der Waals surface area contributed by atoms with Gasteiger partial charge in [-0.3, -0.25) is 0 Å². The van der Waals surface area contributed by atoms with E-state index in [1.807, 2.05) is 47.0 Å². The van der Waals surface area contributed by atoms with Crippen molar-refractivity contribution in [1.29, 1.82) is 0 Å². The van der Waals surface area contributed by atoms with Gasteiger partial charge < -0.3 is 9.51 Å². The van der Waals surface area contributed by atoms with Gasteiger partial charge in [0.2, 0.25) is 0 Å². The Kier molecular flexibility index (Phi) is 2.98. The molecule has 0 bridgehead atoms. The van der Waals surface area contributed by atoms with E-state index in [9.17, 15) is 4.79 Å². The Morgan fingerprint density at radius 2 is 1.70 bits per heavy atom. The minimum atomic E-state index is -1.03. The molecule has 5 nitrogen and oxygen atoms in total. The van der Waals surface area contributed by atoms with Gasteiger partial charge in [0, 0.05) is 17.9 Å². The predicted octanol–water partition coefficient (Wildman–Crippen LogP) is 3.49. The molecule has 4 rings (SSSR count). The largest absolute Gasteiger partial charge is 0.476 e. The quantitative estimate of drug-likeness (QED) is 0.630. The van der Waals surface area contributed by atoms with Crippen molar-refractivity contribution in [3.63, 3.8) is 0 Å². The highest BCUT2D eigenvalue weighted by molar-refractivity contribution is 5.85. The second-order valence-corrected chi connectivity index (χ2v) is 5.22. The van der Waals surface area contributed by atoms with E-state index in [0.29, 0.717) is 0 Å². The first-order valence-electron chi connectivity index (χ1n) is 7.18. The maximum absolute atomic E-state index is 11.0. The van der Waals surface area contributed by atoms with Gasteiger partial charge in [-0.05, 0) is 35.4 Å². The minimum Gasteiger partial charge on any atom is -0.476 e. The summed E-state index contributed by atoms with van der Waals surface area (Å²) in [7, 11) is 0. The summed E-state index contributed by atoms with van der Waals surface area (Å²) in [4.78, 5) is 11.0. The Morgan fingerprint density at radius 1 is 0.913 bits per heavy atom. The number of benzene rings is 1. The average molecular weight is 303 g/mol. The monoisotopic (exact) mass is 303 g/mol. The van der Waals surface area contributed by atoms with Gasteiger partial charge in [0.1, 0.15) is 5.82 Å². The van der Waals surface area contributed by atoms with Gasteiger partial charge in [-0.25, -0.2) is 9.48 Å². The first-order chi connectivity index (χ1) is 11.2. The lowest BCUT2D eigenvalue weighted by molar-refractivity contribution is 0.0690. The molecule has 0 aliphatic carbocycles.